The van der Waals surface area contributed by atoms with Gasteiger partial charge < -0.3 is 16.0 Å². The van der Waals surface area contributed by atoms with E-state index in [-0.39, 0.29) is 23.1 Å². The van der Waals surface area contributed by atoms with Crippen molar-refractivity contribution in [2.24, 2.45) is 11.8 Å². The first-order chi connectivity index (χ1) is 17.9. The van der Waals surface area contributed by atoms with Gasteiger partial charge in [-0.2, -0.15) is 18.3 Å². The lowest BCUT2D eigenvalue weighted by Gasteiger charge is -2.37. The van der Waals surface area contributed by atoms with Crippen molar-refractivity contribution >= 4 is 23.4 Å². The van der Waals surface area contributed by atoms with Crippen LogP contribution in [0.3, 0.4) is 0 Å². The van der Waals surface area contributed by atoms with Gasteiger partial charge in [0.1, 0.15) is 24.1 Å². The molecule has 12 heteroatoms. The van der Waals surface area contributed by atoms with Crippen molar-refractivity contribution in [3.8, 4) is 0 Å². The summed E-state index contributed by atoms with van der Waals surface area (Å²) in [6, 6.07) is 4.26. The van der Waals surface area contributed by atoms with E-state index in [1.165, 1.54) is 29.9 Å². The molecule has 0 aliphatic heterocycles. The number of nitrogens with one attached hydrogen (secondary N) is 3. The van der Waals surface area contributed by atoms with Crippen molar-refractivity contribution in [2.75, 3.05) is 11.9 Å². The highest BCUT2D eigenvalue weighted by atomic mass is 19.4. The normalized spacial score (nSPS) is 16.2. The van der Waals surface area contributed by atoms with Gasteiger partial charge in [0.15, 0.2) is 0 Å². The minimum Gasteiger partial charge on any atom is -0.346 e. The van der Waals surface area contributed by atoms with Crippen LogP contribution in [0.5, 0.6) is 0 Å². The lowest BCUT2D eigenvalue weighted by molar-refractivity contribution is -0.139. The maximum atomic E-state index is 15.0. The summed E-state index contributed by atoms with van der Waals surface area (Å²) in [5.74, 6) is -3.76. The number of rotatable bonds is 11. The van der Waals surface area contributed by atoms with E-state index in [1.54, 1.807) is 11.4 Å². The molecule has 0 saturated heterocycles. The monoisotopic (exact) mass is 539 g/mol. The molecule has 1 unspecified atom stereocenters. The summed E-state index contributed by atoms with van der Waals surface area (Å²) in [6.07, 6.45) is 0.467. The maximum Gasteiger partial charge on any atom is 0.405 e. The second-order valence-corrected chi connectivity index (χ2v) is 9.53. The Morgan fingerprint density at radius 3 is 2.39 bits per heavy atom. The van der Waals surface area contributed by atoms with Crippen molar-refractivity contribution in [3.05, 3.63) is 47.5 Å². The van der Waals surface area contributed by atoms with E-state index < -0.39 is 48.2 Å². The van der Waals surface area contributed by atoms with Crippen molar-refractivity contribution < 1.29 is 31.9 Å². The molecule has 0 spiro atoms. The Morgan fingerprint density at radius 1 is 1.13 bits per heavy atom. The van der Waals surface area contributed by atoms with E-state index in [4.69, 9.17) is 0 Å². The molecule has 1 aromatic heterocycles. The summed E-state index contributed by atoms with van der Waals surface area (Å²) in [4.78, 5) is 38.5. The third-order valence-corrected chi connectivity index (χ3v) is 7.08. The first-order valence-corrected chi connectivity index (χ1v) is 12.7. The van der Waals surface area contributed by atoms with E-state index in [0.717, 1.165) is 25.3 Å². The molecule has 1 aromatic carbocycles. The fourth-order valence-electron chi connectivity index (χ4n) is 4.67. The Labute approximate surface area is 218 Å². The first-order valence-electron chi connectivity index (χ1n) is 12.7. The standard InChI is InChI=1S/C26H33F4N5O3/c1-4-18(16-7-6-8-16)22(34-24(37)21-11-12-32-35(21)5-2)25(38)33-20-10-9-17(13-19(20)27)15(3)23(36)31-14-26(28,29)30/h9-13,15-16,18,22H,4-8,14H2,1-3H3,(H,31,36)(H,33,38)(H,34,37)/t15-,18?,22-/m0/s1. The van der Waals surface area contributed by atoms with Gasteiger partial charge >= 0.3 is 6.18 Å². The molecule has 1 saturated carbocycles. The fraction of sp³-hybridized carbons (Fsp3) is 0.538. The zero-order chi connectivity index (χ0) is 28.0. The Morgan fingerprint density at radius 2 is 1.84 bits per heavy atom. The van der Waals surface area contributed by atoms with Gasteiger partial charge in [-0.05, 0) is 49.4 Å². The van der Waals surface area contributed by atoms with Gasteiger partial charge in [0.05, 0.1) is 11.6 Å². The second-order valence-electron chi connectivity index (χ2n) is 9.53. The molecule has 1 aliphatic carbocycles. The fourth-order valence-corrected chi connectivity index (χ4v) is 4.67. The zero-order valence-corrected chi connectivity index (χ0v) is 21.6. The van der Waals surface area contributed by atoms with Crippen LogP contribution in [-0.4, -0.2) is 46.3 Å². The van der Waals surface area contributed by atoms with Gasteiger partial charge in [0.2, 0.25) is 11.8 Å². The Hall–Kier alpha value is -3.44. The molecule has 1 heterocycles. The smallest absolute Gasteiger partial charge is 0.346 e. The van der Waals surface area contributed by atoms with Crippen LogP contribution in [0.2, 0.25) is 0 Å². The van der Waals surface area contributed by atoms with E-state index in [0.29, 0.717) is 18.7 Å². The molecule has 1 fully saturated rings. The van der Waals surface area contributed by atoms with Gasteiger partial charge in [-0.3, -0.25) is 19.1 Å². The lowest BCUT2D eigenvalue weighted by Crippen LogP contribution is -2.51. The minimum atomic E-state index is -4.56. The summed E-state index contributed by atoms with van der Waals surface area (Å²) in [6.45, 7) is 4.11. The van der Waals surface area contributed by atoms with E-state index in [2.05, 4.69) is 15.7 Å². The molecule has 3 rings (SSSR count). The summed E-state index contributed by atoms with van der Waals surface area (Å²) in [7, 11) is 0. The van der Waals surface area contributed by atoms with Gasteiger partial charge in [0.25, 0.3) is 5.91 Å². The Kier molecular flexibility index (Phi) is 9.50. The SMILES string of the molecule is CCC(C1CCC1)[C@H](NC(=O)c1ccnn1CC)C(=O)Nc1ccc([C@H](C)C(=O)NCC(F)(F)F)cc1F. The number of halogens is 4. The largest absolute Gasteiger partial charge is 0.405 e. The average molecular weight is 540 g/mol. The number of nitrogens with zero attached hydrogens (tertiary/aromatic N) is 2. The third-order valence-electron chi connectivity index (χ3n) is 7.08. The summed E-state index contributed by atoms with van der Waals surface area (Å²) < 4.78 is 53.7. The highest BCUT2D eigenvalue weighted by Crippen LogP contribution is 2.37. The molecule has 2 aromatic rings. The van der Waals surface area contributed by atoms with Crippen LogP contribution in [-0.2, 0) is 16.1 Å². The van der Waals surface area contributed by atoms with Crippen LogP contribution >= 0.6 is 0 Å². The van der Waals surface area contributed by atoms with Gasteiger partial charge in [-0.25, -0.2) is 4.39 Å². The van der Waals surface area contributed by atoms with Crippen molar-refractivity contribution in [1.29, 1.82) is 0 Å². The number of carbonyl (C=O) groups excluding carboxylic acids is 3. The van der Waals surface area contributed by atoms with Crippen molar-refractivity contribution in [3.63, 3.8) is 0 Å². The number of aryl methyl sites for hydroxylation is 1. The third kappa shape index (κ3) is 7.11. The van der Waals surface area contributed by atoms with Crippen LogP contribution in [0.4, 0.5) is 23.2 Å². The number of hydrogen-bond acceptors (Lipinski definition) is 4. The topological polar surface area (TPSA) is 105 Å². The molecule has 3 N–H and O–H groups in total. The van der Waals surface area contributed by atoms with E-state index >= 15 is 0 Å². The second kappa shape index (κ2) is 12.4. The molecule has 3 amide bonds. The predicted octanol–water partition coefficient (Wildman–Crippen LogP) is 4.39. The number of alkyl halides is 3. The number of anilines is 1. The summed E-state index contributed by atoms with van der Waals surface area (Å²) in [5.41, 5.74) is 0.295. The van der Waals surface area contributed by atoms with Crippen molar-refractivity contribution in [1.82, 2.24) is 20.4 Å². The van der Waals surface area contributed by atoms with Crippen LogP contribution in [0.1, 0.15) is 68.4 Å². The van der Waals surface area contributed by atoms with Crippen LogP contribution in [0, 0.1) is 17.7 Å². The van der Waals surface area contributed by atoms with Gasteiger partial charge in [-0.1, -0.05) is 38.7 Å². The highest BCUT2D eigenvalue weighted by molar-refractivity contribution is 6.00. The summed E-state index contributed by atoms with van der Waals surface area (Å²) >= 11 is 0. The van der Waals surface area contributed by atoms with Crippen molar-refractivity contribution in [2.45, 2.75) is 71.1 Å². The molecule has 3 atom stereocenters. The van der Waals surface area contributed by atoms with Crippen LogP contribution < -0.4 is 16.0 Å². The van der Waals surface area contributed by atoms with E-state index in [1.807, 2.05) is 13.8 Å². The Balaban J connectivity index is 1.76. The molecule has 0 radical (unpaired) electrons. The summed E-state index contributed by atoms with van der Waals surface area (Å²) in [5, 5.41) is 11.2. The maximum absolute atomic E-state index is 15.0. The number of aromatic nitrogens is 2. The molecule has 8 nitrogen and oxygen atoms in total. The van der Waals surface area contributed by atoms with E-state index in [9.17, 15) is 31.9 Å². The molecular weight excluding hydrogens is 506 g/mol. The zero-order valence-electron chi connectivity index (χ0n) is 21.6. The quantitative estimate of drug-likeness (QED) is 0.369. The number of hydrogen-bond donors (Lipinski definition) is 3. The first kappa shape index (κ1) is 29.1. The van der Waals surface area contributed by atoms with Crippen LogP contribution in [0.15, 0.2) is 30.5 Å². The number of amides is 3. The molecule has 1 aliphatic rings. The number of carbonyl (C=O) groups is 3. The van der Waals surface area contributed by atoms with Gasteiger partial charge in [0, 0.05) is 12.7 Å². The molecule has 208 valence electrons. The highest BCUT2D eigenvalue weighted by Gasteiger charge is 2.37. The predicted molar refractivity (Wildman–Crippen MR) is 133 cm³/mol. The lowest BCUT2D eigenvalue weighted by atomic mass is 9.71. The Bertz CT molecular complexity index is 1150. The average Bonchev–Trinajstić information content (AvgIpc) is 3.32. The molecule has 38 heavy (non-hydrogen) atoms. The molecular formula is C26H33F4N5O3. The van der Waals surface area contributed by atoms with Gasteiger partial charge in [-0.15, -0.1) is 0 Å². The minimum absolute atomic E-state index is 0.152. The van der Waals surface area contributed by atoms with Crippen LogP contribution in [0.25, 0.3) is 0 Å². The molecule has 0 bridgehead atoms. The number of benzene rings is 1.